The van der Waals surface area contributed by atoms with E-state index in [0.717, 1.165) is 38.7 Å². The first-order chi connectivity index (χ1) is 25.3. The Morgan fingerprint density at radius 3 is 1.61 bits per heavy atom. The molecular weight excluding hydrogens is 621 g/mol. The first-order valence-corrected chi connectivity index (χ1v) is 17.4. The summed E-state index contributed by atoms with van der Waals surface area (Å²) in [4.78, 5) is 0. The Balaban J connectivity index is 1.14. The van der Waals surface area contributed by atoms with Crippen molar-refractivity contribution in [3.63, 3.8) is 0 Å². The van der Waals surface area contributed by atoms with Gasteiger partial charge < -0.3 is 13.6 Å². The van der Waals surface area contributed by atoms with E-state index in [9.17, 15) is 0 Å². The Morgan fingerprint density at radius 1 is 0.314 bits per heavy atom. The summed E-state index contributed by atoms with van der Waals surface area (Å²) >= 11 is 0. The van der Waals surface area contributed by atoms with Crippen LogP contribution in [0.4, 0.5) is 0 Å². The smallest absolute Gasteiger partial charge is 0.160 e. The molecule has 0 unspecified atom stereocenters. The fourth-order valence-electron chi connectivity index (χ4n) is 8.17. The van der Waals surface area contributed by atoms with E-state index in [-0.39, 0.29) is 0 Å². The lowest BCUT2D eigenvalue weighted by Crippen LogP contribution is -1.94. The summed E-state index contributed by atoms with van der Waals surface area (Å²) in [5, 5.41) is 7.13. The number of furan rings is 1. The summed E-state index contributed by atoms with van der Waals surface area (Å²) in [5.74, 6) is 0. The number of aromatic nitrogens is 2. The fraction of sp³-hybridized carbons (Fsp3) is 0. The number of benzene rings is 8. The van der Waals surface area contributed by atoms with Crippen molar-refractivity contribution in [2.75, 3.05) is 0 Å². The molecule has 0 saturated heterocycles. The van der Waals surface area contributed by atoms with Gasteiger partial charge in [-0.25, -0.2) is 0 Å². The van der Waals surface area contributed by atoms with Crippen LogP contribution in [0, 0.1) is 0 Å². The number of fused-ring (bicyclic) bond motifs is 10. The second kappa shape index (κ2) is 10.8. The van der Waals surface area contributed by atoms with Crippen molar-refractivity contribution in [1.82, 2.24) is 9.13 Å². The lowest BCUT2D eigenvalue weighted by atomic mass is 10.0. The topological polar surface area (TPSA) is 23.0 Å². The van der Waals surface area contributed by atoms with E-state index >= 15 is 0 Å². The minimum atomic E-state index is 0.903. The molecule has 0 aliphatic carbocycles. The minimum Gasteiger partial charge on any atom is -0.454 e. The molecule has 0 atom stereocenters. The van der Waals surface area contributed by atoms with Crippen molar-refractivity contribution in [3.8, 4) is 33.6 Å². The second-order valence-corrected chi connectivity index (χ2v) is 13.3. The lowest BCUT2D eigenvalue weighted by molar-refractivity contribution is 0.671. The molecule has 0 amide bonds. The molecule has 0 N–H and O–H groups in total. The van der Waals surface area contributed by atoms with E-state index in [0.29, 0.717) is 0 Å². The fourth-order valence-corrected chi connectivity index (χ4v) is 8.17. The second-order valence-electron chi connectivity index (χ2n) is 13.3. The molecule has 11 rings (SSSR count). The van der Waals surface area contributed by atoms with Crippen molar-refractivity contribution < 1.29 is 4.42 Å². The molecule has 8 aromatic carbocycles. The SMILES string of the molecule is c1ccc(-c2ccc(-n3c4ccc(-c5ccc6c(c5)c5ccccc5n6-c5ccccc5)cc4c4ccc5c6ccccc6oc5c43)cc2)cc1. The predicted octanol–water partition coefficient (Wildman–Crippen LogP) is 13.1. The van der Waals surface area contributed by atoms with E-state index < -0.39 is 0 Å². The van der Waals surface area contributed by atoms with Gasteiger partial charge in [0.05, 0.1) is 22.1 Å². The summed E-state index contributed by atoms with van der Waals surface area (Å²) in [5.41, 5.74) is 13.5. The lowest BCUT2D eigenvalue weighted by Gasteiger charge is -2.10. The summed E-state index contributed by atoms with van der Waals surface area (Å²) in [6.45, 7) is 0. The maximum atomic E-state index is 6.67. The molecule has 11 aromatic rings. The van der Waals surface area contributed by atoms with Gasteiger partial charge in [-0.1, -0.05) is 115 Å². The summed E-state index contributed by atoms with van der Waals surface area (Å²) in [6, 6.07) is 65.4. The average Bonchev–Trinajstić information content (AvgIpc) is 3.86. The summed E-state index contributed by atoms with van der Waals surface area (Å²) < 4.78 is 11.4. The Labute approximate surface area is 293 Å². The molecule has 3 heteroatoms. The van der Waals surface area contributed by atoms with Crippen LogP contribution in [0.1, 0.15) is 0 Å². The molecule has 0 aliphatic heterocycles. The molecule has 51 heavy (non-hydrogen) atoms. The molecule has 0 saturated carbocycles. The largest absolute Gasteiger partial charge is 0.454 e. The first kappa shape index (κ1) is 28.0. The summed E-state index contributed by atoms with van der Waals surface area (Å²) in [6.07, 6.45) is 0. The zero-order chi connectivity index (χ0) is 33.5. The summed E-state index contributed by atoms with van der Waals surface area (Å²) in [7, 11) is 0. The molecule has 238 valence electrons. The van der Waals surface area contributed by atoms with E-state index in [1.54, 1.807) is 0 Å². The van der Waals surface area contributed by atoms with Gasteiger partial charge in [-0.2, -0.15) is 0 Å². The van der Waals surface area contributed by atoms with E-state index in [2.05, 4.69) is 185 Å². The van der Waals surface area contributed by atoms with Gasteiger partial charge in [-0.05, 0) is 89.0 Å². The average molecular weight is 651 g/mol. The Bertz CT molecular complexity index is 3110. The molecule has 0 bridgehead atoms. The van der Waals surface area contributed by atoms with Gasteiger partial charge in [0, 0.05) is 43.7 Å². The third-order valence-corrected chi connectivity index (χ3v) is 10.5. The molecule has 3 heterocycles. The van der Waals surface area contributed by atoms with Crippen molar-refractivity contribution >= 4 is 65.6 Å². The molecule has 0 radical (unpaired) electrons. The Kier molecular flexibility index (Phi) is 5.96. The molecule has 0 aliphatic rings. The highest BCUT2D eigenvalue weighted by Crippen LogP contribution is 2.42. The number of nitrogens with zero attached hydrogens (tertiary/aromatic N) is 2. The van der Waals surface area contributed by atoms with E-state index in [1.165, 1.54) is 60.5 Å². The number of hydrogen-bond acceptors (Lipinski definition) is 1. The van der Waals surface area contributed by atoms with Crippen LogP contribution in [0.25, 0.3) is 99.2 Å². The standard InChI is InChI=1S/C48H30N2O/c1-3-11-31(12-4-1)32-19-23-36(24-20-32)50-45-28-22-34(30-42(45)39-25-26-40-38-16-8-10-18-46(38)51-48(40)47(39)50)33-21-27-44-41(29-33)37-15-7-9-17-43(37)49(44)35-13-5-2-6-14-35/h1-30H. The predicted molar refractivity (Wildman–Crippen MR) is 213 cm³/mol. The maximum Gasteiger partial charge on any atom is 0.160 e. The number of rotatable bonds is 4. The van der Waals surface area contributed by atoms with Crippen LogP contribution in [0.15, 0.2) is 186 Å². The molecule has 0 fully saturated rings. The first-order valence-electron chi connectivity index (χ1n) is 17.4. The normalized spacial score (nSPS) is 11.9. The molecule has 3 aromatic heterocycles. The highest BCUT2D eigenvalue weighted by Gasteiger charge is 2.20. The maximum absolute atomic E-state index is 6.67. The third kappa shape index (κ3) is 4.19. The van der Waals surface area contributed by atoms with Crippen LogP contribution in [0.5, 0.6) is 0 Å². The van der Waals surface area contributed by atoms with Gasteiger partial charge in [0.25, 0.3) is 0 Å². The van der Waals surface area contributed by atoms with Gasteiger partial charge in [-0.3, -0.25) is 0 Å². The highest BCUT2D eigenvalue weighted by atomic mass is 16.3. The van der Waals surface area contributed by atoms with Crippen molar-refractivity contribution in [2.45, 2.75) is 0 Å². The van der Waals surface area contributed by atoms with Gasteiger partial charge in [0.15, 0.2) is 5.58 Å². The van der Waals surface area contributed by atoms with E-state index in [1.807, 2.05) is 6.07 Å². The van der Waals surface area contributed by atoms with Crippen molar-refractivity contribution in [1.29, 1.82) is 0 Å². The van der Waals surface area contributed by atoms with Crippen molar-refractivity contribution in [2.24, 2.45) is 0 Å². The molecule has 3 nitrogen and oxygen atoms in total. The van der Waals surface area contributed by atoms with Gasteiger partial charge in [-0.15, -0.1) is 0 Å². The van der Waals surface area contributed by atoms with Crippen LogP contribution >= 0.6 is 0 Å². The van der Waals surface area contributed by atoms with Crippen LogP contribution in [0.2, 0.25) is 0 Å². The monoisotopic (exact) mass is 650 g/mol. The number of para-hydroxylation sites is 3. The van der Waals surface area contributed by atoms with Gasteiger partial charge in [0.1, 0.15) is 5.58 Å². The van der Waals surface area contributed by atoms with Crippen LogP contribution in [0.3, 0.4) is 0 Å². The molecular formula is C48H30N2O. The quantitative estimate of drug-likeness (QED) is 0.186. The van der Waals surface area contributed by atoms with Crippen LogP contribution in [-0.2, 0) is 0 Å². The van der Waals surface area contributed by atoms with Crippen molar-refractivity contribution in [3.05, 3.63) is 182 Å². The minimum absolute atomic E-state index is 0.903. The van der Waals surface area contributed by atoms with Gasteiger partial charge in [0.2, 0.25) is 0 Å². The molecule has 0 spiro atoms. The Morgan fingerprint density at radius 2 is 0.843 bits per heavy atom. The van der Waals surface area contributed by atoms with Crippen LogP contribution in [-0.4, -0.2) is 9.13 Å². The Hall–Kier alpha value is -6.84. The van der Waals surface area contributed by atoms with E-state index in [4.69, 9.17) is 4.42 Å². The van der Waals surface area contributed by atoms with Crippen LogP contribution < -0.4 is 0 Å². The zero-order valence-corrected chi connectivity index (χ0v) is 27.6. The highest BCUT2D eigenvalue weighted by molar-refractivity contribution is 6.22. The number of hydrogen-bond donors (Lipinski definition) is 0. The third-order valence-electron chi connectivity index (χ3n) is 10.5. The van der Waals surface area contributed by atoms with Gasteiger partial charge >= 0.3 is 0 Å². The zero-order valence-electron chi connectivity index (χ0n) is 27.6.